The monoisotopic (exact) mass is 318 g/mol. The van der Waals surface area contributed by atoms with Gasteiger partial charge in [0.1, 0.15) is 8.07 Å². The van der Waals surface area contributed by atoms with E-state index < -0.39 is 8.07 Å². The van der Waals surface area contributed by atoms with Crippen LogP contribution in [0.3, 0.4) is 0 Å². The SMILES string of the molecule is C[Si](C)(C)C#CC1=CCCC/C1=C/C#Cc1ccccc1C=O. The number of hydrogen-bond acceptors (Lipinski definition) is 1. The first-order valence-corrected chi connectivity index (χ1v) is 11.5. The van der Waals surface area contributed by atoms with Gasteiger partial charge >= 0.3 is 0 Å². The second-order valence-corrected chi connectivity index (χ2v) is 11.4. The predicted molar refractivity (Wildman–Crippen MR) is 99.8 cm³/mol. The molecule has 0 radical (unpaired) electrons. The van der Waals surface area contributed by atoms with E-state index in [1.54, 1.807) is 6.07 Å². The molecule has 0 amide bonds. The van der Waals surface area contributed by atoms with Crippen molar-refractivity contribution in [2.24, 2.45) is 0 Å². The van der Waals surface area contributed by atoms with Gasteiger partial charge in [-0.1, -0.05) is 61.7 Å². The Morgan fingerprint density at radius 3 is 2.65 bits per heavy atom. The van der Waals surface area contributed by atoms with E-state index in [0.717, 1.165) is 36.7 Å². The zero-order chi connectivity index (χ0) is 16.7. The molecule has 0 atom stereocenters. The summed E-state index contributed by atoms with van der Waals surface area (Å²) in [6.45, 7) is 6.76. The van der Waals surface area contributed by atoms with E-state index >= 15 is 0 Å². The zero-order valence-electron chi connectivity index (χ0n) is 14.1. The van der Waals surface area contributed by atoms with Gasteiger partial charge in [-0.3, -0.25) is 4.79 Å². The van der Waals surface area contributed by atoms with Crippen LogP contribution < -0.4 is 0 Å². The molecule has 0 bridgehead atoms. The lowest BCUT2D eigenvalue weighted by atomic mass is 9.94. The molecule has 0 fully saturated rings. The van der Waals surface area contributed by atoms with Gasteiger partial charge in [0.05, 0.1) is 0 Å². The lowest BCUT2D eigenvalue weighted by Crippen LogP contribution is -2.16. The van der Waals surface area contributed by atoms with E-state index in [1.807, 2.05) is 24.3 Å². The summed E-state index contributed by atoms with van der Waals surface area (Å²) >= 11 is 0. The number of carbonyl (C=O) groups excluding carboxylic acids is 1. The molecule has 0 heterocycles. The van der Waals surface area contributed by atoms with Crippen LogP contribution in [0.25, 0.3) is 0 Å². The third-order valence-corrected chi connectivity index (χ3v) is 4.33. The van der Waals surface area contributed by atoms with E-state index in [1.165, 1.54) is 5.57 Å². The van der Waals surface area contributed by atoms with Crippen LogP contribution >= 0.6 is 0 Å². The molecule has 0 saturated heterocycles. The second kappa shape index (κ2) is 7.81. The highest BCUT2D eigenvalue weighted by Crippen LogP contribution is 2.23. The molecule has 1 aliphatic carbocycles. The average molecular weight is 318 g/mol. The molecule has 0 spiro atoms. The highest BCUT2D eigenvalue weighted by molar-refractivity contribution is 6.83. The van der Waals surface area contributed by atoms with Gasteiger partial charge in [-0.15, -0.1) is 5.54 Å². The Morgan fingerprint density at radius 2 is 1.91 bits per heavy atom. The fourth-order valence-electron chi connectivity index (χ4n) is 2.26. The molecule has 1 nitrogen and oxygen atoms in total. The topological polar surface area (TPSA) is 17.1 Å². The zero-order valence-corrected chi connectivity index (χ0v) is 15.1. The lowest BCUT2D eigenvalue weighted by molar-refractivity contribution is 0.112. The Morgan fingerprint density at radius 1 is 1.13 bits per heavy atom. The first kappa shape index (κ1) is 17.1. The number of allylic oxidation sites excluding steroid dienone is 4. The van der Waals surface area contributed by atoms with Crippen molar-refractivity contribution in [2.45, 2.75) is 38.9 Å². The van der Waals surface area contributed by atoms with Gasteiger partial charge in [0.15, 0.2) is 6.29 Å². The lowest BCUT2D eigenvalue weighted by Gasteiger charge is -2.12. The maximum atomic E-state index is 11.0. The van der Waals surface area contributed by atoms with Crippen LogP contribution in [0, 0.1) is 23.3 Å². The standard InChI is InChI=1S/C21H22OSi/c1-23(2,3)16-15-20-11-5-4-9-18(20)13-8-14-19-10-6-7-12-21(19)17-22/h6-7,10-13,17H,4-5,9H2,1-3H3/b18-13-. The minimum atomic E-state index is -1.37. The molecule has 1 aromatic rings. The number of carbonyl (C=O) groups is 1. The largest absolute Gasteiger partial charge is 0.298 e. The third-order valence-electron chi connectivity index (χ3n) is 3.46. The molecule has 0 saturated carbocycles. The van der Waals surface area contributed by atoms with Gasteiger partial charge in [0, 0.05) is 16.7 Å². The Bertz CT molecular complexity index is 768. The summed E-state index contributed by atoms with van der Waals surface area (Å²) in [6, 6.07) is 7.41. The fourth-order valence-corrected chi connectivity index (χ4v) is 2.76. The van der Waals surface area contributed by atoms with Crippen molar-refractivity contribution in [3.05, 3.63) is 58.7 Å². The van der Waals surface area contributed by atoms with Crippen LogP contribution in [0.5, 0.6) is 0 Å². The van der Waals surface area contributed by atoms with Gasteiger partial charge in [-0.2, -0.15) is 0 Å². The highest BCUT2D eigenvalue weighted by atomic mass is 28.3. The molecule has 0 unspecified atom stereocenters. The molecule has 2 rings (SSSR count). The highest BCUT2D eigenvalue weighted by Gasteiger charge is 2.11. The van der Waals surface area contributed by atoms with E-state index in [4.69, 9.17) is 0 Å². The fraction of sp³-hybridized carbons (Fsp3) is 0.286. The maximum Gasteiger partial charge on any atom is 0.151 e. The van der Waals surface area contributed by atoms with Crippen LogP contribution in [-0.4, -0.2) is 14.4 Å². The maximum absolute atomic E-state index is 11.0. The van der Waals surface area contributed by atoms with Gasteiger partial charge in [-0.25, -0.2) is 0 Å². The summed E-state index contributed by atoms with van der Waals surface area (Å²) < 4.78 is 0. The summed E-state index contributed by atoms with van der Waals surface area (Å²) in [4.78, 5) is 11.0. The Kier molecular flexibility index (Phi) is 5.80. The number of benzene rings is 1. The van der Waals surface area contributed by atoms with E-state index in [9.17, 15) is 4.79 Å². The quantitative estimate of drug-likeness (QED) is 0.414. The van der Waals surface area contributed by atoms with Crippen molar-refractivity contribution in [1.29, 1.82) is 0 Å². The van der Waals surface area contributed by atoms with Crippen molar-refractivity contribution < 1.29 is 4.79 Å². The van der Waals surface area contributed by atoms with Crippen LogP contribution in [-0.2, 0) is 0 Å². The molecule has 1 aliphatic rings. The van der Waals surface area contributed by atoms with Crippen molar-refractivity contribution in [2.75, 3.05) is 0 Å². The summed E-state index contributed by atoms with van der Waals surface area (Å²) in [6.07, 6.45) is 8.30. The molecule has 0 aromatic heterocycles. The van der Waals surface area contributed by atoms with Crippen molar-refractivity contribution in [1.82, 2.24) is 0 Å². The van der Waals surface area contributed by atoms with E-state index in [-0.39, 0.29) is 0 Å². The molecular formula is C21H22OSi. The number of rotatable bonds is 1. The van der Waals surface area contributed by atoms with Gasteiger partial charge < -0.3 is 0 Å². The third kappa shape index (κ3) is 5.44. The van der Waals surface area contributed by atoms with Gasteiger partial charge in [0.2, 0.25) is 0 Å². The van der Waals surface area contributed by atoms with E-state index in [2.05, 4.69) is 49.0 Å². The van der Waals surface area contributed by atoms with Gasteiger partial charge in [0.25, 0.3) is 0 Å². The molecule has 2 heteroatoms. The van der Waals surface area contributed by atoms with Crippen LogP contribution in [0.4, 0.5) is 0 Å². The second-order valence-electron chi connectivity index (χ2n) is 6.65. The van der Waals surface area contributed by atoms with Crippen LogP contribution in [0.2, 0.25) is 19.6 Å². The molecule has 116 valence electrons. The van der Waals surface area contributed by atoms with Gasteiger partial charge in [-0.05, 0) is 37.0 Å². The van der Waals surface area contributed by atoms with Crippen LogP contribution in [0.15, 0.2) is 47.6 Å². The summed E-state index contributed by atoms with van der Waals surface area (Å²) in [5.41, 5.74) is 7.20. The first-order valence-electron chi connectivity index (χ1n) is 7.98. The number of aldehydes is 1. The minimum Gasteiger partial charge on any atom is -0.298 e. The molecule has 1 aromatic carbocycles. The normalized spacial score (nSPS) is 15.8. The Balaban J connectivity index is 2.26. The molecule has 0 aliphatic heterocycles. The minimum absolute atomic E-state index is 0.635. The molecule has 0 N–H and O–H groups in total. The smallest absolute Gasteiger partial charge is 0.151 e. The van der Waals surface area contributed by atoms with Crippen molar-refractivity contribution in [3.63, 3.8) is 0 Å². The summed E-state index contributed by atoms with van der Waals surface area (Å²) in [5, 5.41) is 0. The Labute approximate surface area is 140 Å². The Hall–Kier alpha value is -2.29. The summed E-state index contributed by atoms with van der Waals surface area (Å²) in [7, 11) is -1.37. The molecular weight excluding hydrogens is 296 g/mol. The predicted octanol–water partition coefficient (Wildman–Crippen LogP) is 4.77. The summed E-state index contributed by atoms with van der Waals surface area (Å²) in [5.74, 6) is 9.55. The first-order chi connectivity index (χ1) is 11.0. The average Bonchev–Trinajstić information content (AvgIpc) is 2.53. The number of hydrogen-bond donors (Lipinski definition) is 0. The van der Waals surface area contributed by atoms with Crippen molar-refractivity contribution >= 4 is 14.4 Å². The molecule has 23 heavy (non-hydrogen) atoms. The van der Waals surface area contributed by atoms with E-state index in [0.29, 0.717) is 5.56 Å². The van der Waals surface area contributed by atoms with Crippen LogP contribution in [0.1, 0.15) is 35.2 Å². The van der Waals surface area contributed by atoms with Crippen molar-refractivity contribution in [3.8, 4) is 23.3 Å².